The van der Waals surface area contributed by atoms with Crippen molar-refractivity contribution in [1.29, 1.82) is 0 Å². The minimum absolute atomic E-state index is 0.266. The van der Waals surface area contributed by atoms with Crippen molar-refractivity contribution in [2.24, 2.45) is 0 Å². The number of nitrogens with two attached hydrogens (primary N) is 1. The summed E-state index contributed by atoms with van der Waals surface area (Å²) >= 11 is 0. The topological polar surface area (TPSA) is 78.9 Å². The van der Waals surface area contributed by atoms with Crippen LogP contribution in [0.1, 0.15) is 25.8 Å². The maximum atomic E-state index is 5.60. The van der Waals surface area contributed by atoms with Crippen molar-refractivity contribution in [3.8, 4) is 0 Å². The lowest BCUT2D eigenvalue weighted by Gasteiger charge is -2.26. The molecule has 0 bridgehead atoms. The molecule has 13 heavy (non-hydrogen) atoms. The number of aromatic nitrogens is 4. The van der Waals surface area contributed by atoms with Crippen molar-refractivity contribution < 1.29 is 4.74 Å². The summed E-state index contributed by atoms with van der Waals surface area (Å²) in [6.45, 7) is 2.80. The molecule has 0 aliphatic carbocycles. The Bertz CT molecular complexity index is 286. The lowest BCUT2D eigenvalue weighted by molar-refractivity contribution is 0.00363. The van der Waals surface area contributed by atoms with Crippen molar-refractivity contribution in [3.05, 3.63) is 0 Å². The van der Waals surface area contributed by atoms with Crippen LogP contribution < -0.4 is 5.73 Å². The van der Waals surface area contributed by atoms with Gasteiger partial charge in [-0.2, -0.15) is 0 Å². The first kappa shape index (κ1) is 8.43. The Morgan fingerprint density at radius 2 is 2.46 bits per heavy atom. The van der Waals surface area contributed by atoms with E-state index in [0.29, 0.717) is 12.0 Å². The van der Waals surface area contributed by atoms with Crippen LogP contribution in [0, 0.1) is 0 Å². The second kappa shape index (κ2) is 3.29. The third-order valence-corrected chi connectivity index (χ3v) is 2.32. The van der Waals surface area contributed by atoms with E-state index in [9.17, 15) is 0 Å². The first-order valence-electron chi connectivity index (χ1n) is 4.42. The molecule has 2 N–H and O–H groups in total. The van der Waals surface area contributed by atoms with Crippen LogP contribution in [0.3, 0.4) is 0 Å². The quantitative estimate of drug-likeness (QED) is 0.662. The third kappa shape index (κ3) is 1.62. The smallest absolute Gasteiger partial charge is 0.240 e. The van der Waals surface area contributed by atoms with Gasteiger partial charge in [0.2, 0.25) is 5.95 Å². The number of hydrogen-bond donors (Lipinski definition) is 1. The van der Waals surface area contributed by atoms with E-state index in [1.807, 2.05) is 6.92 Å². The Morgan fingerprint density at radius 1 is 1.62 bits per heavy atom. The molecule has 0 spiro atoms. The highest BCUT2D eigenvalue weighted by Gasteiger charge is 2.23. The van der Waals surface area contributed by atoms with Gasteiger partial charge in [0.05, 0.1) is 12.1 Å². The summed E-state index contributed by atoms with van der Waals surface area (Å²) in [7, 11) is 0. The fourth-order valence-electron chi connectivity index (χ4n) is 1.66. The van der Waals surface area contributed by atoms with Crippen LogP contribution in [-0.4, -0.2) is 32.9 Å². The van der Waals surface area contributed by atoms with Gasteiger partial charge in [-0.05, 0) is 30.2 Å². The highest BCUT2D eigenvalue weighted by molar-refractivity contribution is 5.11. The van der Waals surface area contributed by atoms with Gasteiger partial charge in [-0.1, -0.05) is 5.10 Å². The molecular weight excluding hydrogens is 170 g/mol. The Hall–Kier alpha value is -1.17. The molecule has 1 aliphatic heterocycles. The van der Waals surface area contributed by atoms with E-state index in [0.717, 1.165) is 19.4 Å². The molecule has 1 aliphatic rings. The summed E-state index contributed by atoms with van der Waals surface area (Å²) in [5, 5.41) is 11.0. The van der Waals surface area contributed by atoms with Gasteiger partial charge in [0.1, 0.15) is 0 Å². The molecule has 2 atom stereocenters. The fourth-order valence-corrected chi connectivity index (χ4v) is 1.66. The Labute approximate surface area is 76.1 Å². The van der Waals surface area contributed by atoms with E-state index in [-0.39, 0.29) is 6.10 Å². The maximum Gasteiger partial charge on any atom is 0.240 e. The third-order valence-electron chi connectivity index (χ3n) is 2.32. The van der Waals surface area contributed by atoms with Gasteiger partial charge in [0.25, 0.3) is 0 Å². The van der Waals surface area contributed by atoms with E-state index in [4.69, 9.17) is 10.5 Å². The van der Waals surface area contributed by atoms with Gasteiger partial charge in [0, 0.05) is 6.61 Å². The second-order valence-electron chi connectivity index (χ2n) is 3.34. The summed E-state index contributed by atoms with van der Waals surface area (Å²) in [4.78, 5) is 0. The van der Waals surface area contributed by atoms with Gasteiger partial charge in [0.15, 0.2) is 0 Å². The van der Waals surface area contributed by atoms with Crippen molar-refractivity contribution in [2.45, 2.75) is 31.9 Å². The predicted molar refractivity (Wildman–Crippen MR) is 45.9 cm³/mol. The minimum Gasteiger partial charge on any atom is -0.378 e. The number of ether oxygens (including phenoxy) is 1. The van der Waals surface area contributed by atoms with Crippen LogP contribution >= 0.6 is 0 Å². The fraction of sp³-hybridized carbons (Fsp3) is 0.857. The zero-order valence-corrected chi connectivity index (χ0v) is 7.55. The van der Waals surface area contributed by atoms with E-state index < -0.39 is 0 Å². The van der Waals surface area contributed by atoms with Crippen LogP contribution in [0.2, 0.25) is 0 Å². The molecule has 0 saturated carbocycles. The summed E-state index contributed by atoms with van der Waals surface area (Å²) in [5.41, 5.74) is 5.60. The number of nitrogen functional groups attached to an aromatic ring is 1. The number of anilines is 1. The summed E-state index contributed by atoms with van der Waals surface area (Å²) < 4.78 is 7.10. The molecule has 1 saturated heterocycles. The van der Waals surface area contributed by atoms with Crippen LogP contribution in [-0.2, 0) is 4.74 Å². The second-order valence-corrected chi connectivity index (χ2v) is 3.34. The van der Waals surface area contributed by atoms with E-state index in [1.165, 1.54) is 0 Å². The molecule has 6 nitrogen and oxygen atoms in total. The summed E-state index contributed by atoms with van der Waals surface area (Å²) in [6.07, 6.45) is 2.12. The molecule has 2 heterocycles. The first-order chi connectivity index (χ1) is 6.27. The van der Waals surface area contributed by atoms with Gasteiger partial charge in [-0.15, -0.1) is 0 Å². The van der Waals surface area contributed by atoms with Crippen LogP contribution in [0.5, 0.6) is 0 Å². The average molecular weight is 183 g/mol. The monoisotopic (exact) mass is 183 g/mol. The van der Waals surface area contributed by atoms with Gasteiger partial charge in [-0.3, -0.25) is 0 Å². The SMILES string of the molecule is CC1CC(n2nnnc2N)CCO1. The Balaban J connectivity index is 2.12. The number of rotatable bonds is 1. The lowest BCUT2D eigenvalue weighted by Crippen LogP contribution is -2.26. The minimum atomic E-state index is 0.266. The largest absolute Gasteiger partial charge is 0.378 e. The molecule has 72 valence electrons. The molecule has 1 aromatic rings. The molecule has 1 fully saturated rings. The van der Waals surface area contributed by atoms with Crippen molar-refractivity contribution in [1.82, 2.24) is 20.2 Å². The normalized spacial score (nSPS) is 29.0. The molecular formula is C7H13N5O. The highest BCUT2D eigenvalue weighted by Crippen LogP contribution is 2.24. The molecule has 0 aromatic carbocycles. The number of tetrazole rings is 1. The maximum absolute atomic E-state index is 5.60. The Morgan fingerprint density at radius 3 is 3.08 bits per heavy atom. The van der Waals surface area contributed by atoms with E-state index >= 15 is 0 Å². The van der Waals surface area contributed by atoms with Crippen LogP contribution in [0.25, 0.3) is 0 Å². The van der Waals surface area contributed by atoms with Crippen molar-refractivity contribution in [2.75, 3.05) is 12.3 Å². The van der Waals surface area contributed by atoms with E-state index in [2.05, 4.69) is 15.5 Å². The number of nitrogens with zero attached hydrogens (tertiary/aromatic N) is 4. The van der Waals surface area contributed by atoms with Gasteiger partial charge >= 0.3 is 0 Å². The number of hydrogen-bond acceptors (Lipinski definition) is 5. The Kier molecular flexibility index (Phi) is 2.13. The van der Waals surface area contributed by atoms with Gasteiger partial charge < -0.3 is 10.5 Å². The van der Waals surface area contributed by atoms with Crippen LogP contribution in [0.15, 0.2) is 0 Å². The molecule has 0 radical (unpaired) electrons. The standard InChI is InChI=1S/C7H13N5O/c1-5-4-6(2-3-13-5)12-7(8)9-10-11-12/h5-6H,2-4H2,1H3,(H2,8,9,11). The lowest BCUT2D eigenvalue weighted by atomic mass is 10.1. The molecule has 2 unspecified atom stereocenters. The molecule has 6 heteroatoms. The van der Waals surface area contributed by atoms with Crippen molar-refractivity contribution >= 4 is 5.95 Å². The van der Waals surface area contributed by atoms with E-state index in [1.54, 1.807) is 4.68 Å². The summed E-state index contributed by atoms with van der Waals surface area (Å²) in [6, 6.07) is 0.291. The predicted octanol–water partition coefficient (Wildman–Crippen LogP) is -0.00470. The van der Waals surface area contributed by atoms with Gasteiger partial charge in [-0.25, -0.2) is 4.68 Å². The van der Waals surface area contributed by atoms with Crippen molar-refractivity contribution in [3.63, 3.8) is 0 Å². The molecule has 0 amide bonds. The molecule has 2 rings (SSSR count). The highest BCUT2D eigenvalue weighted by atomic mass is 16.5. The van der Waals surface area contributed by atoms with Crippen LogP contribution in [0.4, 0.5) is 5.95 Å². The first-order valence-corrected chi connectivity index (χ1v) is 4.42. The summed E-state index contributed by atoms with van der Waals surface area (Å²) in [5.74, 6) is 0.388. The zero-order chi connectivity index (χ0) is 9.26. The average Bonchev–Trinajstić information content (AvgIpc) is 2.51. The zero-order valence-electron chi connectivity index (χ0n) is 7.55. The molecule has 1 aromatic heterocycles.